The van der Waals surface area contributed by atoms with Crippen LogP contribution >= 0.6 is 27.5 Å². The third-order valence-electron chi connectivity index (χ3n) is 3.47. The van der Waals surface area contributed by atoms with E-state index in [0.29, 0.717) is 23.3 Å². The third-order valence-corrected chi connectivity index (χ3v) is 4.40. The molecular formula is C15H15BrClN3. The van der Waals surface area contributed by atoms with Crippen LogP contribution in [0.2, 0.25) is 5.02 Å². The molecular weight excluding hydrogens is 338 g/mol. The standard InChI is InChI=1S/C15H15BrClN3/c1-2-7-20-14(18)13(19-15(20)9-3-4-9)11-8-10(17)5-6-12(11)16/h2,5-6,8-9H,1,3-4,7,18H2. The van der Waals surface area contributed by atoms with Crippen LogP contribution in [-0.4, -0.2) is 9.55 Å². The number of nitrogens with zero attached hydrogens (tertiary/aromatic N) is 2. The van der Waals surface area contributed by atoms with Crippen molar-refractivity contribution in [2.45, 2.75) is 25.3 Å². The van der Waals surface area contributed by atoms with E-state index >= 15 is 0 Å². The lowest BCUT2D eigenvalue weighted by Crippen LogP contribution is -2.05. The summed E-state index contributed by atoms with van der Waals surface area (Å²) in [5.41, 5.74) is 8.02. The Kier molecular flexibility index (Phi) is 3.61. The Balaban J connectivity index is 2.16. The van der Waals surface area contributed by atoms with Gasteiger partial charge in [-0.25, -0.2) is 4.98 Å². The van der Waals surface area contributed by atoms with Crippen LogP contribution < -0.4 is 5.73 Å². The minimum Gasteiger partial charge on any atom is -0.383 e. The summed E-state index contributed by atoms with van der Waals surface area (Å²) in [6.45, 7) is 4.48. The van der Waals surface area contributed by atoms with E-state index in [1.54, 1.807) is 0 Å². The minimum atomic E-state index is 0.531. The zero-order valence-electron chi connectivity index (χ0n) is 10.9. The Morgan fingerprint density at radius 2 is 2.25 bits per heavy atom. The highest BCUT2D eigenvalue weighted by atomic mass is 79.9. The van der Waals surface area contributed by atoms with Gasteiger partial charge in [-0.2, -0.15) is 0 Å². The summed E-state index contributed by atoms with van der Waals surface area (Å²) in [7, 11) is 0. The van der Waals surface area contributed by atoms with Crippen LogP contribution in [0.3, 0.4) is 0 Å². The van der Waals surface area contributed by atoms with Crippen LogP contribution in [0.4, 0.5) is 5.82 Å². The van der Waals surface area contributed by atoms with Gasteiger partial charge in [0.1, 0.15) is 17.3 Å². The fourth-order valence-electron chi connectivity index (χ4n) is 2.33. The van der Waals surface area contributed by atoms with Crippen molar-refractivity contribution in [2.24, 2.45) is 0 Å². The number of anilines is 1. The van der Waals surface area contributed by atoms with Crippen LogP contribution in [0.15, 0.2) is 35.3 Å². The topological polar surface area (TPSA) is 43.8 Å². The summed E-state index contributed by atoms with van der Waals surface area (Å²) in [6.07, 6.45) is 4.22. The molecule has 0 atom stereocenters. The molecule has 3 nitrogen and oxygen atoms in total. The van der Waals surface area contributed by atoms with E-state index in [9.17, 15) is 0 Å². The van der Waals surface area contributed by atoms with Crippen LogP contribution in [0, 0.1) is 0 Å². The maximum absolute atomic E-state index is 6.30. The molecule has 1 fully saturated rings. The molecule has 2 aromatic rings. The van der Waals surface area contributed by atoms with Crippen LogP contribution in [-0.2, 0) is 6.54 Å². The Morgan fingerprint density at radius 1 is 1.50 bits per heavy atom. The fourth-order valence-corrected chi connectivity index (χ4v) is 2.94. The molecule has 3 rings (SSSR count). The van der Waals surface area contributed by atoms with E-state index in [1.165, 1.54) is 12.8 Å². The molecule has 1 aromatic carbocycles. The van der Waals surface area contributed by atoms with Crippen molar-refractivity contribution in [3.05, 3.63) is 46.2 Å². The molecule has 5 heteroatoms. The van der Waals surface area contributed by atoms with Crippen molar-refractivity contribution in [3.8, 4) is 11.3 Å². The number of allylic oxidation sites excluding steroid dienone is 1. The number of halogens is 2. The van der Waals surface area contributed by atoms with E-state index in [2.05, 4.69) is 22.5 Å². The predicted octanol–water partition coefficient (Wildman–Crippen LogP) is 4.61. The maximum atomic E-state index is 6.30. The van der Waals surface area contributed by atoms with Crippen LogP contribution in [0.25, 0.3) is 11.3 Å². The van der Waals surface area contributed by atoms with E-state index in [1.807, 2.05) is 28.8 Å². The van der Waals surface area contributed by atoms with Crippen molar-refractivity contribution in [1.29, 1.82) is 0 Å². The van der Waals surface area contributed by atoms with E-state index < -0.39 is 0 Å². The first-order valence-electron chi connectivity index (χ1n) is 6.54. The number of hydrogen-bond acceptors (Lipinski definition) is 2. The van der Waals surface area contributed by atoms with Crippen LogP contribution in [0.5, 0.6) is 0 Å². The molecule has 0 bridgehead atoms. The molecule has 1 aromatic heterocycles. The molecule has 20 heavy (non-hydrogen) atoms. The molecule has 1 heterocycles. The number of rotatable bonds is 4. The van der Waals surface area contributed by atoms with Gasteiger partial charge in [0, 0.05) is 27.5 Å². The quantitative estimate of drug-likeness (QED) is 0.816. The highest BCUT2D eigenvalue weighted by Crippen LogP contribution is 2.43. The molecule has 0 spiro atoms. The molecule has 1 saturated carbocycles. The highest BCUT2D eigenvalue weighted by molar-refractivity contribution is 9.10. The van der Waals surface area contributed by atoms with E-state index in [-0.39, 0.29) is 0 Å². The van der Waals surface area contributed by atoms with Gasteiger partial charge in [-0.1, -0.05) is 33.6 Å². The Hall–Kier alpha value is -1.26. The average Bonchev–Trinajstić information content (AvgIpc) is 3.21. The second-order valence-corrected chi connectivity index (χ2v) is 6.29. The molecule has 1 aliphatic carbocycles. The van der Waals surface area contributed by atoms with E-state index in [0.717, 1.165) is 21.6 Å². The normalized spacial score (nSPS) is 14.5. The molecule has 0 saturated heterocycles. The SMILES string of the molecule is C=CCn1c(C2CC2)nc(-c2cc(Cl)ccc2Br)c1N. The van der Waals surface area contributed by atoms with Crippen molar-refractivity contribution in [1.82, 2.24) is 9.55 Å². The number of aromatic nitrogens is 2. The van der Waals surface area contributed by atoms with Gasteiger partial charge < -0.3 is 10.3 Å². The lowest BCUT2D eigenvalue weighted by Gasteiger charge is -2.06. The van der Waals surface area contributed by atoms with Gasteiger partial charge in [-0.3, -0.25) is 0 Å². The minimum absolute atomic E-state index is 0.531. The number of benzene rings is 1. The lowest BCUT2D eigenvalue weighted by molar-refractivity contribution is 0.750. The van der Waals surface area contributed by atoms with Crippen molar-refractivity contribution < 1.29 is 0 Å². The monoisotopic (exact) mass is 351 g/mol. The molecule has 0 radical (unpaired) electrons. The number of nitrogen functional groups attached to an aromatic ring is 1. The number of hydrogen-bond donors (Lipinski definition) is 1. The zero-order valence-corrected chi connectivity index (χ0v) is 13.3. The third kappa shape index (κ3) is 2.38. The van der Waals surface area contributed by atoms with Gasteiger partial charge in [-0.05, 0) is 31.0 Å². The first-order valence-corrected chi connectivity index (χ1v) is 7.71. The second-order valence-electron chi connectivity index (χ2n) is 5.00. The summed E-state index contributed by atoms with van der Waals surface area (Å²) in [5.74, 6) is 2.27. The average molecular weight is 353 g/mol. The summed E-state index contributed by atoms with van der Waals surface area (Å²) in [6, 6.07) is 5.65. The van der Waals surface area contributed by atoms with Crippen molar-refractivity contribution >= 4 is 33.3 Å². The summed E-state index contributed by atoms with van der Waals surface area (Å²) >= 11 is 9.63. The lowest BCUT2D eigenvalue weighted by atomic mass is 10.1. The summed E-state index contributed by atoms with van der Waals surface area (Å²) in [4.78, 5) is 4.76. The summed E-state index contributed by atoms with van der Waals surface area (Å²) < 4.78 is 2.99. The number of nitrogens with two attached hydrogens (primary N) is 1. The van der Waals surface area contributed by atoms with Gasteiger partial charge in [0.05, 0.1) is 0 Å². The smallest absolute Gasteiger partial charge is 0.132 e. The molecule has 0 amide bonds. The van der Waals surface area contributed by atoms with Crippen molar-refractivity contribution in [2.75, 3.05) is 5.73 Å². The first-order chi connectivity index (χ1) is 9.61. The van der Waals surface area contributed by atoms with E-state index in [4.69, 9.17) is 22.3 Å². The Bertz CT molecular complexity index is 674. The molecule has 104 valence electrons. The Morgan fingerprint density at radius 3 is 2.90 bits per heavy atom. The molecule has 1 aliphatic rings. The molecule has 0 unspecified atom stereocenters. The second kappa shape index (κ2) is 5.26. The van der Waals surface area contributed by atoms with Gasteiger partial charge in [0.25, 0.3) is 0 Å². The summed E-state index contributed by atoms with van der Waals surface area (Å²) in [5, 5.41) is 0.675. The van der Waals surface area contributed by atoms with Gasteiger partial charge in [0.2, 0.25) is 0 Å². The first kappa shape index (κ1) is 13.7. The Labute approximate surface area is 131 Å². The fraction of sp³-hybridized carbons (Fsp3) is 0.267. The van der Waals surface area contributed by atoms with Crippen LogP contribution in [0.1, 0.15) is 24.6 Å². The van der Waals surface area contributed by atoms with Gasteiger partial charge >= 0.3 is 0 Å². The number of imidazole rings is 1. The predicted molar refractivity (Wildman–Crippen MR) is 87.0 cm³/mol. The highest BCUT2D eigenvalue weighted by Gasteiger charge is 2.31. The maximum Gasteiger partial charge on any atom is 0.132 e. The zero-order chi connectivity index (χ0) is 14.3. The van der Waals surface area contributed by atoms with Gasteiger partial charge in [-0.15, -0.1) is 6.58 Å². The molecule has 0 aliphatic heterocycles. The molecule has 2 N–H and O–H groups in total. The largest absolute Gasteiger partial charge is 0.383 e. The van der Waals surface area contributed by atoms with Gasteiger partial charge in [0.15, 0.2) is 0 Å². The van der Waals surface area contributed by atoms with Crippen molar-refractivity contribution in [3.63, 3.8) is 0 Å².